The second-order valence-corrected chi connectivity index (χ2v) is 4.52. The fourth-order valence-corrected chi connectivity index (χ4v) is 2.20. The third-order valence-electron chi connectivity index (χ3n) is 3.08. The van der Waals surface area contributed by atoms with E-state index in [0.717, 1.165) is 11.1 Å². The molecule has 2 rings (SSSR count). The monoisotopic (exact) mass is 229 g/mol. The third-order valence-corrected chi connectivity index (χ3v) is 3.08. The number of hydrogen-bond acceptors (Lipinski definition) is 2. The van der Waals surface area contributed by atoms with Gasteiger partial charge in [0.2, 0.25) is 5.91 Å². The van der Waals surface area contributed by atoms with E-state index in [0.29, 0.717) is 18.7 Å². The van der Waals surface area contributed by atoms with E-state index < -0.39 is 0 Å². The SMILES string of the molecule is C#CC1CC(=O)N(c2cc(C)cc(C)c2O)C1. The number of benzene rings is 1. The number of carbonyl (C=O) groups is 1. The lowest BCUT2D eigenvalue weighted by Gasteiger charge is -2.19. The van der Waals surface area contributed by atoms with Gasteiger partial charge in [0.15, 0.2) is 0 Å². The van der Waals surface area contributed by atoms with Crippen molar-refractivity contribution in [2.75, 3.05) is 11.4 Å². The maximum atomic E-state index is 11.8. The van der Waals surface area contributed by atoms with Gasteiger partial charge in [-0.15, -0.1) is 12.3 Å². The van der Waals surface area contributed by atoms with Gasteiger partial charge < -0.3 is 10.0 Å². The number of amides is 1. The van der Waals surface area contributed by atoms with Gasteiger partial charge in [0.1, 0.15) is 5.75 Å². The molecule has 1 aliphatic rings. The van der Waals surface area contributed by atoms with Crippen molar-refractivity contribution in [2.45, 2.75) is 20.3 Å². The molecule has 1 aromatic carbocycles. The Balaban J connectivity index is 2.42. The molecule has 88 valence electrons. The van der Waals surface area contributed by atoms with Crippen molar-refractivity contribution in [1.82, 2.24) is 0 Å². The van der Waals surface area contributed by atoms with Gasteiger partial charge in [0.05, 0.1) is 5.69 Å². The van der Waals surface area contributed by atoms with Gasteiger partial charge >= 0.3 is 0 Å². The molecule has 17 heavy (non-hydrogen) atoms. The number of anilines is 1. The molecular weight excluding hydrogens is 214 g/mol. The first-order valence-electron chi connectivity index (χ1n) is 5.59. The lowest BCUT2D eigenvalue weighted by molar-refractivity contribution is -0.117. The second-order valence-electron chi connectivity index (χ2n) is 4.52. The zero-order chi connectivity index (χ0) is 12.6. The van der Waals surface area contributed by atoms with E-state index in [1.807, 2.05) is 26.0 Å². The molecule has 1 fully saturated rings. The van der Waals surface area contributed by atoms with Crippen LogP contribution in [0.5, 0.6) is 5.75 Å². The number of rotatable bonds is 1. The summed E-state index contributed by atoms with van der Waals surface area (Å²) >= 11 is 0. The molecule has 0 bridgehead atoms. The van der Waals surface area contributed by atoms with Gasteiger partial charge in [0, 0.05) is 18.9 Å². The molecule has 0 aromatic heterocycles. The van der Waals surface area contributed by atoms with Crippen LogP contribution >= 0.6 is 0 Å². The van der Waals surface area contributed by atoms with Gasteiger partial charge in [-0.05, 0) is 31.0 Å². The van der Waals surface area contributed by atoms with E-state index in [1.54, 1.807) is 4.90 Å². The van der Waals surface area contributed by atoms with Crippen molar-refractivity contribution >= 4 is 11.6 Å². The van der Waals surface area contributed by atoms with Crippen LogP contribution < -0.4 is 4.90 Å². The van der Waals surface area contributed by atoms with Gasteiger partial charge in [0.25, 0.3) is 0 Å². The molecule has 0 spiro atoms. The lowest BCUT2D eigenvalue weighted by Crippen LogP contribution is -2.24. The standard InChI is InChI=1S/C14H15NO2/c1-4-11-7-13(16)15(8-11)12-6-9(2)5-10(3)14(12)17/h1,5-6,11,17H,7-8H2,2-3H3. The van der Waals surface area contributed by atoms with E-state index in [-0.39, 0.29) is 17.6 Å². The molecule has 1 saturated heterocycles. The Morgan fingerprint density at radius 1 is 1.47 bits per heavy atom. The van der Waals surface area contributed by atoms with Crippen LogP contribution in [0.4, 0.5) is 5.69 Å². The molecule has 0 saturated carbocycles. The number of aromatic hydroxyl groups is 1. The molecule has 1 aromatic rings. The van der Waals surface area contributed by atoms with Gasteiger partial charge in [-0.3, -0.25) is 4.79 Å². The number of hydrogen-bond donors (Lipinski definition) is 1. The topological polar surface area (TPSA) is 40.5 Å². The van der Waals surface area contributed by atoms with Gasteiger partial charge in [-0.2, -0.15) is 0 Å². The predicted molar refractivity (Wildman–Crippen MR) is 66.9 cm³/mol. The molecule has 3 heteroatoms. The number of phenolic OH excluding ortho intramolecular Hbond substituents is 1. The first kappa shape index (κ1) is 11.5. The fraction of sp³-hybridized carbons (Fsp3) is 0.357. The third kappa shape index (κ3) is 1.99. The highest BCUT2D eigenvalue weighted by atomic mass is 16.3. The van der Waals surface area contributed by atoms with Crippen molar-refractivity contribution in [2.24, 2.45) is 5.92 Å². The zero-order valence-electron chi connectivity index (χ0n) is 10.0. The van der Waals surface area contributed by atoms with Crippen molar-refractivity contribution in [3.8, 4) is 18.1 Å². The van der Waals surface area contributed by atoms with Crippen molar-refractivity contribution in [3.63, 3.8) is 0 Å². The Morgan fingerprint density at radius 3 is 2.76 bits per heavy atom. The summed E-state index contributed by atoms with van der Waals surface area (Å²) in [6, 6.07) is 3.71. The molecule has 1 unspecified atom stereocenters. The highest BCUT2D eigenvalue weighted by Gasteiger charge is 2.31. The minimum atomic E-state index is -0.0530. The summed E-state index contributed by atoms with van der Waals surface area (Å²) in [5, 5.41) is 10.0. The van der Waals surface area contributed by atoms with Gasteiger partial charge in [-0.25, -0.2) is 0 Å². The van der Waals surface area contributed by atoms with E-state index in [9.17, 15) is 9.90 Å². The normalized spacial score (nSPS) is 19.5. The molecule has 1 N–H and O–H groups in total. The van der Waals surface area contributed by atoms with E-state index in [1.165, 1.54) is 0 Å². The molecule has 0 aliphatic carbocycles. The minimum absolute atomic E-state index is 0.0201. The van der Waals surface area contributed by atoms with Crippen LogP contribution in [0.2, 0.25) is 0 Å². The Bertz CT molecular complexity index is 514. The summed E-state index contributed by atoms with van der Waals surface area (Å²) in [5.41, 5.74) is 2.37. The van der Waals surface area contributed by atoms with E-state index >= 15 is 0 Å². The Morgan fingerprint density at radius 2 is 2.18 bits per heavy atom. The zero-order valence-corrected chi connectivity index (χ0v) is 10.0. The first-order chi connectivity index (χ1) is 8.02. The summed E-state index contributed by atoms with van der Waals surface area (Å²) in [6.45, 7) is 4.26. The maximum Gasteiger partial charge on any atom is 0.228 e. The Hall–Kier alpha value is -1.95. The smallest absolute Gasteiger partial charge is 0.228 e. The van der Waals surface area contributed by atoms with Crippen LogP contribution in [0.3, 0.4) is 0 Å². The molecule has 3 nitrogen and oxygen atoms in total. The minimum Gasteiger partial charge on any atom is -0.505 e. The number of nitrogens with zero attached hydrogens (tertiary/aromatic N) is 1. The maximum absolute atomic E-state index is 11.8. The molecule has 0 radical (unpaired) electrons. The average Bonchev–Trinajstić information content (AvgIpc) is 2.65. The lowest BCUT2D eigenvalue weighted by atomic mass is 10.1. The summed E-state index contributed by atoms with van der Waals surface area (Å²) in [6.07, 6.45) is 5.71. The first-order valence-corrected chi connectivity index (χ1v) is 5.59. The van der Waals surface area contributed by atoms with Crippen LogP contribution in [0, 0.1) is 32.1 Å². The van der Waals surface area contributed by atoms with E-state index in [2.05, 4.69) is 5.92 Å². The van der Waals surface area contributed by atoms with E-state index in [4.69, 9.17) is 6.42 Å². The summed E-state index contributed by atoms with van der Waals surface area (Å²) in [7, 11) is 0. The molecular formula is C14H15NO2. The van der Waals surface area contributed by atoms with Crippen LogP contribution in [-0.2, 0) is 4.79 Å². The quantitative estimate of drug-likeness (QED) is 0.748. The number of aryl methyl sites for hydroxylation is 2. The largest absolute Gasteiger partial charge is 0.505 e. The van der Waals surface area contributed by atoms with Crippen LogP contribution in [-0.4, -0.2) is 17.6 Å². The Labute approximate surface area is 101 Å². The Kier molecular flexibility index (Phi) is 2.81. The highest BCUT2D eigenvalue weighted by molar-refractivity contribution is 5.97. The predicted octanol–water partition coefficient (Wildman–Crippen LogP) is 2.00. The van der Waals surface area contributed by atoms with Gasteiger partial charge in [-0.1, -0.05) is 6.07 Å². The molecule has 1 aliphatic heterocycles. The van der Waals surface area contributed by atoms with Crippen LogP contribution in [0.15, 0.2) is 12.1 Å². The average molecular weight is 229 g/mol. The summed E-state index contributed by atoms with van der Waals surface area (Å²) < 4.78 is 0. The molecule has 1 amide bonds. The molecule has 1 heterocycles. The number of phenols is 1. The number of carbonyl (C=O) groups excluding carboxylic acids is 1. The number of terminal acetylenes is 1. The summed E-state index contributed by atoms with van der Waals surface area (Å²) in [4.78, 5) is 13.4. The van der Waals surface area contributed by atoms with Crippen LogP contribution in [0.25, 0.3) is 0 Å². The molecule has 1 atom stereocenters. The fourth-order valence-electron chi connectivity index (χ4n) is 2.20. The second kappa shape index (κ2) is 4.14. The summed E-state index contributed by atoms with van der Waals surface area (Å²) in [5.74, 6) is 2.69. The van der Waals surface area contributed by atoms with Crippen molar-refractivity contribution in [1.29, 1.82) is 0 Å². The highest BCUT2D eigenvalue weighted by Crippen LogP contribution is 2.35. The van der Waals surface area contributed by atoms with Crippen LogP contribution in [0.1, 0.15) is 17.5 Å². The van der Waals surface area contributed by atoms with Crippen molar-refractivity contribution in [3.05, 3.63) is 23.3 Å². The van der Waals surface area contributed by atoms with Crippen molar-refractivity contribution < 1.29 is 9.90 Å².